The minimum absolute atomic E-state index is 0.0592. The molecule has 5 heteroatoms. The summed E-state index contributed by atoms with van der Waals surface area (Å²) in [7, 11) is 0. The zero-order chi connectivity index (χ0) is 17.5. The number of amides is 1. The van der Waals surface area contributed by atoms with E-state index in [9.17, 15) is 15.0 Å². The van der Waals surface area contributed by atoms with E-state index < -0.39 is 5.91 Å². The van der Waals surface area contributed by atoms with E-state index in [0.717, 1.165) is 22.3 Å². The van der Waals surface area contributed by atoms with Gasteiger partial charge >= 0.3 is 0 Å². The van der Waals surface area contributed by atoms with Crippen LogP contribution in [0, 0.1) is 0 Å². The van der Waals surface area contributed by atoms with Gasteiger partial charge in [-0.05, 0) is 36.0 Å². The number of ether oxygens (including phenoxy) is 1. The molecule has 0 aliphatic rings. The van der Waals surface area contributed by atoms with Crippen LogP contribution in [0.2, 0.25) is 0 Å². The van der Waals surface area contributed by atoms with Crippen LogP contribution in [0.1, 0.15) is 24.5 Å². The molecule has 128 valence electrons. The van der Waals surface area contributed by atoms with E-state index in [1.165, 1.54) is 6.07 Å². The van der Waals surface area contributed by atoms with Crippen molar-refractivity contribution in [2.24, 2.45) is 5.73 Å². The maximum Gasteiger partial charge on any atom is 0.243 e. The lowest BCUT2D eigenvalue weighted by molar-refractivity contribution is -0.122. The average molecular weight is 329 g/mol. The van der Waals surface area contributed by atoms with E-state index in [4.69, 9.17) is 10.5 Å². The minimum Gasteiger partial charge on any atom is -0.508 e. The number of benzene rings is 2. The second-order valence-electron chi connectivity index (χ2n) is 5.59. The van der Waals surface area contributed by atoms with Gasteiger partial charge in [0.25, 0.3) is 0 Å². The Morgan fingerprint density at radius 2 is 1.83 bits per heavy atom. The molecular weight excluding hydrogens is 306 g/mol. The van der Waals surface area contributed by atoms with Crippen LogP contribution in [-0.2, 0) is 22.4 Å². The van der Waals surface area contributed by atoms with Crippen molar-refractivity contribution < 1.29 is 19.7 Å². The van der Waals surface area contributed by atoms with Gasteiger partial charge in [-0.25, -0.2) is 0 Å². The summed E-state index contributed by atoms with van der Waals surface area (Å²) in [4.78, 5) is 10.7. The predicted octanol–water partition coefficient (Wildman–Crippen LogP) is 2.76. The van der Waals surface area contributed by atoms with Gasteiger partial charge in [0.2, 0.25) is 5.91 Å². The van der Waals surface area contributed by atoms with Crippen LogP contribution in [0.15, 0.2) is 36.4 Å². The molecule has 0 radical (unpaired) electrons. The number of hydrogen-bond acceptors (Lipinski definition) is 4. The highest BCUT2D eigenvalue weighted by Crippen LogP contribution is 2.40. The fraction of sp³-hybridized carbons (Fsp3) is 0.316. The summed E-state index contributed by atoms with van der Waals surface area (Å²) in [6.07, 6.45) is 1.93. The zero-order valence-electron chi connectivity index (χ0n) is 13.8. The van der Waals surface area contributed by atoms with Crippen molar-refractivity contribution in [1.82, 2.24) is 0 Å². The van der Waals surface area contributed by atoms with E-state index in [-0.39, 0.29) is 18.1 Å². The van der Waals surface area contributed by atoms with Crippen LogP contribution in [0.5, 0.6) is 11.5 Å². The van der Waals surface area contributed by atoms with Crippen molar-refractivity contribution in [2.75, 3.05) is 13.2 Å². The van der Waals surface area contributed by atoms with Gasteiger partial charge in [-0.2, -0.15) is 0 Å². The van der Waals surface area contributed by atoms with Crippen LogP contribution >= 0.6 is 0 Å². The molecule has 0 aromatic heterocycles. The van der Waals surface area contributed by atoms with Gasteiger partial charge in [0.05, 0.1) is 0 Å². The van der Waals surface area contributed by atoms with Gasteiger partial charge in [-0.3, -0.25) is 4.79 Å². The smallest absolute Gasteiger partial charge is 0.243 e. The highest BCUT2D eigenvalue weighted by molar-refractivity contribution is 5.77. The molecule has 2 rings (SSSR count). The Bertz CT molecular complexity index is 698. The molecule has 5 nitrogen and oxygen atoms in total. The molecule has 0 spiro atoms. The monoisotopic (exact) mass is 329 g/mol. The second kappa shape index (κ2) is 8.36. The number of hydrogen-bond donors (Lipinski definition) is 3. The summed E-state index contributed by atoms with van der Waals surface area (Å²) < 4.78 is 5.20. The zero-order valence-corrected chi connectivity index (χ0v) is 13.8. The van der Waals surface area contributed by atoms with E-state index >= 15 is 0 Å². The van der Waals surface area contributed by atoms with Gasteiger partial charge in [0.15, 0.2) is 0 Å². The van der Waals surface area contributed by atoms with Gasteiger partial charge in [-0.15, -0.1) is 0 Å². The predicted molar refractivity (Wildman–Crippen MR) is 92.9 cm³/mol. The molecule has 0 saturated carbocycles. The van der Waals surface area contributed by atoms with E-state index in [0.29, 0.717) is 25.9 Å². The molecular formula is C19H23NO4. The molecule has 2 aromatic carbocycles. The quantitative estimate of drug-likeness (QED) is 0.649. The van der Waals surface area contributed by atoms with Crippen LogP contribution in [-0.4, -0.2) is 29.3 Å². The van der Waals surface area contributed by atoms with Crippen molar-refractivity contribution in [3.63, 3.8) is 0 Å². The lowest BCUT2D eigenvalue weighted by Gasteiger charge is -2.17. The number of rotatable bonds is 8. The Labute approximate surface area is 141 Å². The summed E-state index contributed by atoms with van der Waals surface area (Å²) in [6.45, 7) is 2.25. The first-order valence-electron chi connectivity index (χ1n) is 8.02. The van der Waals surface area contributed by atoms with E-state index in [1.54, 1.807) is 0 Å². The number of aromatic hydroxyl groups is 2. The van der Waals surface area contributed by atoms with Crippen LogP contribution in [0.3, 0.4) is 0 Å². The Morgan fingerprint density at radius 1 is 1.12 bits per heavy atom. The van der Waals surface area contributed by atoms with Crippen LogP contribution < -0.4 is 5.73 Å². The first kappa shape index (κ1) is 17.8. The molecule has 0 fully saturated rings. The topological polar surface area (TPSA) is 92.8 Å². The fourth-order valence-corrected chi connectivity index (χ4v) is 2.87. The standard InChI is InChI=1S/C19H23NO4/c1-2-14-15(9-6-10-24-12-18(20)23)19(17(22)11-16(14)21)13-7-4-3-5-8-13/h3-5,7-8,11,21-22H,2,6,9-10,12H2,1H3,(H2,20,23). The average Bonchev–Trinajstić information content (AvgIpc) is 2.55. The van der Waals surface area contributed by atoms with Gasteiger partial charge in [0, 0.05) is 18.2 Å². The first-order chi connectivity index (χ1) is 11.5. The van der Waals surface area contributed by atoms with E-state index in [2.05, 4.69) is 0 Å². The van der Waals surface area contributed by atoms with Gasteiger partial charge in [0.1, 0.15) is 18.1 Å². The summed E-state index contributed by atoms with van der Waals surface area (Å²) >= 11 is 0. The summed E-state index contributed by atoms with van der Waals surface area (Å²) in [5.74, 6) is -0.337. The maximum absolute atomic E-state index is 10.7. The molecule has 0 bridgehead atoms. The third-order valence-corrected chi connectivity index (χ3v) is 3.88. The number of nitrogens with two attached hydrogens (primary N) is 1. The number of phenols is 2. The Balaban J connectivity index is 2.31. The Kier molecular flexibility index (Phi) is 6.21. The van der Waals surface area contributed by atoms with Crippen molar-refractivity contribution in [2.45, 2.75) is 26.2 Å². The Morgan fingerprint density at radius 3 is 2.46 bits per heavy atom. The molecule has 0 saturated heterocycles. The third kappa shape index (κ3) is 4.26. The highest BCUT2D eigenvalue weighted by Gasteiger charge is 2.17. The lowest BCUT2D eigenvalue weighted by atomic mass is 9.90. The molecule has 2 aromatic rings. The van der Waals surface area contributed by atoms with Crippen LogP contribution in [0.25, 0.3) is 11.1 Å². The van der Waals surface area contributed by atoms with Crippen molar-refractivity contribution in [3.8, 4) is 22.6 Å². The number of carbonyl (C=O) groups excluding carboxylic acids is 1. The largest absolute Gasteiger partial charge is 0.508 e. The number of carbonyl (C=O) groups is 1. The summed E-state index contributed by atoms with van der Waals surface area (Å²) in [6, 6.07) is 11.0. The normalized spacial score (nSPS) is 10.7. The molecule has 1 amide bonds. The maximum atomic E-state index is 10.7. The van der Waals surface area contributed by atoms with Gasteiger partial charge in [-0.1, -0.05) is 37.3 Å². The molecule has 0 aliphatic carbocycles. The summed E-state index contributed by atoms with van der Waals surface area (Å²) in [5, 5.41) is 20.5. The van der Waals surface area contributed by atoms with Gasteiger partial charge < -0.3 is 20.7 Å². The number of phenolic OH excluding ortho intramolecular Hbond substituents is 2. The molecule has 0 unspecified atom stereocenters. The summed E-state index contributed by atoms with van der Waals surface area (Å²) in [5.41, 5.74) is 8.41. The van der Waals surface area contributed by atoms with E-state index in [1.807, 2.05) is 37.3 Å². The fourth-order valence-electron chi connectivity index (χ4n) is 2.87. The molecule has 0 heterocycles. The van der Waals surface area contributed by atoms with Crippen molar-refractivity contribution >= 4 is 5.91 Å². The van der Waals surface area contributed by atoms with Crippen molar-refractivity contribution in [1.29, 1.82) is 0 Å². The van der Waals surface area contributed by atoms with Crippen molar-refractivity contribution in [3.05, 3.63) is 47.5 Å². The Hall–Kier alpha value is -2.53. The molecule has 4 N–H and O–H groups in total. The highest BCUT2D eigenvalue weighted by atomic mass is 16.5. The second-order valence-corrected chi connectivity index (χ2v) is 5.59. The molecule has 0 atom stereocenters. The first-order valence-corrected chi connectivity index (χ1v) is 8.02. The van der Waals surface area contributed by atoms with Crippen LogP contribution in [0.4, 0.5) is 0 Å². The number of primary amides is 1. The third-order valence-electron chi connectivity index (χ3n) is 3.88. The SMILES string of the molecule is CCc1c(O)cc(O)c(-c2ccccc2)c1CCCOCC(N)=O. The molecule has 24 heavy (non-hydrogen) atoms. The molecule has 0 aliphatic heterocycles. The minimum atomic E-state index is -0.496. The lowest BCUT2D eigenvalue weighted by Crippen LogP contribution is -2.18.